The normalized spacial score (nSPS) is 9.29. The van der Waals surface area contributed by atoms with Gasteiger partial charge in [-0.1, -0.05) is 27.7 Å². The minimum absolute atomic E-state index is 0.0546. The van der Waals surface area contributed by atoms with Gasteiger partial charge in [-0.05, 0) is 7.05 Å². The van der Waals surface area contributed by atoms with Crippen molar-refractivity contribution in [2.75, 3.05) is 26.7 Å². The van der Waals surface area contributed by atoms with Crippen LogP contribution in [0.2, 0.25) is 0 Å². The van der Waals surface area contributed by atoms with Crippen molar-refractivity contribution in [2.24, 2.45) is 0 Å². The Morgan fingerprint density at radius 2 is 1.79 bits per heavy atom. The number of carbonyl (C=O) groups is 1. The highest BCUT2D eigenvalue weighted by molar-refractivity contribution is 5.77. The molecule has 0 aromatic rings. The van der Waals surface area contributed by atoms with Gasteiger partial charge in [-0.15, -0.1) is 0 Å². The van der Waals surface area contributed by atoms with Crippen molar-refractivity contribution in [3.05, 3.63) is 0 Å². The van der Waals surface area contributed by atoms with Crippen molar-refractivity contribution >= 4 is 5.91 Å². The second-order valence-electron chi connectivity index (χ2n) is 2.99. The summed E-state index contributed by atoms with van der Waals surface area (Å²) >= 11 is 0. The number of amides is 1. The first-order valence-electron chi connectivity index (χ1n) is 5.31. The highest BCUT2D eigenvalue weighted by Crippen LogP contribution is 1.74. The first-order chi connectivity index (χ1) is 6.66. The molecule has 0 fully saturated rings. The van der Waals surface area contributed by atoms with Crippen molar-refractivity contribution in [3.63, 3.8) is 0 Å². The molecule has 0 aromatic heterocycles. The van der Waals surface area contributed by atoms with E-state index in [1.807, 2.05) is 34.7 Å². The van der Waals surface area contributed by atoms with Gasteiger partial charge < -0.3 is 16.0 Å². The molecule has 4 nitrogen and oxygen atoms in total. The molecule has 0 aromatic carbocycles. The van der Waals surface area contributed by atoms with Crippen LogP contribution in [0.5, 0.6) is 0 Å². The van der Waals surface area contributed by atoms with Crippen LogP contribution in [-0.4, -0.2) is 38.6 Å². The maximum absolute atomic E-state index is 11.0. The van der Waals surface area contributed by atoms with Crippen molar-refractivity contribution in [1.29, 1.82) is 0 Å². The first-order valence-corrected chi connectivity index (χ1v) is 5.31. The van der Waals surface area contributed by atoms with Crippen molar-refractivity contribution in [3.8, 4) is 0 Å². The molecular formula is C10H25N3O. The van der Waals surface area contributed by atoms with Crippen LogP contribution in [0, 0.1) is 0 Å². The molecule has 4 heteroatoms. The number of nitrogens with one attached hydrogen (secondary N) is 3. The van der Waals surface area contributed by atoms with Gasteiger partial charge in [0.05, 0.1) is 6.54 Å². The molecule has 0 bridgehead atoms. The van der Waals surface area contributed by atoms with E-state index in [1.54, 1.807) is 0 Å². The third kappa shape index (κ3) is 13.9. The molecule has 0 aliphatic rings. The minimum atomic E-state index is 0.0546. The van der Waals surface area contributed by atoms with Crippen LogP contribution in [0.1, 0.15) is 27.7 Å². The maximum atomic E-state index is 11.0. The Hall–Kier alpha value is -0.610. The van der Waals surface area contributed by atoms with Gasteiger partial charge in [0.25, 0.3) is 0 Å². The molecule has 0 atom stereocenters. The van der Waals surface area contributed by atoms with Crippen molar-refractivity contribution in [2.45, 2.75) is 33.7 Å². The topological polar surface area (TPSA) is 53.2 Å². The van der Waals surface area contributed by atoms with Crippen LogP contribution in [-0.2, 0) is 4.79 Å². The number of likely N-dealkylation sites (N-methyl/N-ethyl adjacent to an activating group) is 1. The zero-order chi connectivity index (χ0) is 11.4. The van der Waals surface area contributed by atoms with Crippen LogP contribution < -0.4 is 16.0 Å². The van der Waals surface area contributed by atoms with Crippen LogP contribution in [0.4, 0.5) is 0 Å². The lowest BCUT2D eigenvalue weighted by Crippen LogP contribution is -2.39. The summed E-state index contributed by atoms with van der Waals surface area (Å²) < 4.78 is 0. The minimum Gasteiger partial charge on any atom is -0.354 e. The van der Waals surface area contributed by atoms with Gasteiger partial charge in [0.1, 0.15) is 0 Å². The van der Waals surface area contributed by atoms with Crippen molar-refractivity contribution < 1.29 is 4.79 Å². The van der Waals surface area contributed by atoms with Crippen LogP contribution in [0.3, 0.4) is 0 Å². The molecule has 0 saturated heterocycles. The van der Waals surface area contributed by atoms with Crippen LogP contribution in [0.25, 0.3) is 0 Å². The van der Waals surface area contributed by atoms with Crippen molar-refractivity contribution in [1.82, 2.24) is 16.0 Å². The number of carbonyl (C=O) groups excluding carboxylic acids is 1. The summed E-state index contributed by atoms with van der Waals surface area (Å²) in [7, 11) is 1.86. The zero-order valence-electron chi connectivity index (χ0n) is 10.1. The Kier molecular flexibility index (Phi) is 14.0. The average Bonchev–Trinajstić information content (AvgIpc) is 2.18. The predicted octanol–water partition coefficient (Wildman–Crippen LogP) is 0.346. The monoisotopic (exact) mass is 203 g/mol. The Labute approximate surface area is 87.8 Å². The molecule has 1 amide bonds. The smallest absolute Gasteiger partial charge is 0.234 e. The molecule has 0 unspecified atom stereocenters. The number of rotatable bonds is 6. The van der Waals surface area contributed by atoms with Gasteiger partial charge in [0.2, 0.25) is 5.91 Å². The molecule has 14 heavy (non-hydrogen) atoms. The fourth-order valence-corrected chi connectivity index (χ4v) is 0.686. The lowest BCUT2D eigenvalue weighted by atomic mass is 10.4. The Morgan fingerprint density at radius 1 is 1.21 bits per heavy atom. The van der Waals surface area contributed by atoms with Crippen LogP contribution in [0.15, 0.2) is 0 Å². The zero-order valence-corrected chi connectivity index (χ0v) is 10.1. The lowest BCUT2D eigenvalue weighted by molar-refractivity contribution is -0.120. The van der Waals surface area contributed by atoms with E-state index in [2.05, 4.69) is 16.0 Å². The van der Waals surface area contributed by atoms with Gasteiger partial charge in [0.15, 0.2) is 0 Å². The molecule has 0 heterocycles. The molecule has 0 aliphatic carbocycles. The first kappa shape index (κ1) is 15.8. The summed E-state index contributed by atoms with van der Waals surface area (Å²) in [5, 5.41) is 8.77. The SMILES string of the molecule is CC.CNCCNC(=O)CNC(C)C. The molecule has 0 saturated carbocycles. The van der Waals surface area contributed by atoms with E-state index >= 15 is 0 Å². The van der Waals surface area contributed by atoms with E-state index in [9.17, 15) is 4.79 Å². The third-order valence-corrected chi connectivity index (χ3v) is 1.37. The summed E-state index contributed by atoms with van der Waals surface area (Å²) in [5.41, 5.74) is 0. The van der Waals surface area contributed by atoms with Crippen LogP contribution >= 0.6 is 0 Å². The van der Waals surface area contributed by atoms with E-state index in [0.29, 0.717) is 19.1 Å². The lowest BCUT2D eigenvalue weighted by Gasteiger charge is -2.08. The summed E-state index contributed by atoms with van der Waals surface area (Å²) in [6.45, 7) is 9.94. The van der Waals surface area contributed by atoms with E-state index in [4.69, 9.17) is 0 Å². The summed E-state index contributed by atoms with van der Waals surface area (Å²) in [6.07, 6.45) is 0. The Morgan fingerprint density at radius 3 is 2.21 bits per heavy atom. The second kappa shape index (κ2) is 12.4. The Bertz CT molecular complexity index is 127. The van der Waals surface area contributed by atoms with Gasteiger partial charge in [-0.2, -0.15) is 0 Å². The van der Waals surface area contributed by atoms with E-state index in [1.165, 1.54) is 0 Å². The second-order valence-corrected chi connectivity index (χ2v) is 2.99. The fraction of sp³-hybridized carbons (Fsp3) is 0.900. The highest BCUT2D eigenvalue weighted by Gasteiger charge is 1.99. The van der Waals surface area contributed by atoms with E-state index in [0.717, 1.165) is 6.54 Å². The molecule has 0 aliphatic heterocycles. The number of hydrogen-bond acceptors (Lipinski definition) is 3. The van der Waals surface area contributed by atoms with E-state index in [-0.39, 0.29) is 5.91 Å². The summed E-state index contributed by atoms with van der Waals surface area (Å²) in [6, 6.07) is 0.361. The molecule has 0 rings (SSSR count). The maximum Gasteiger partial charge on any atom is 0.234 e. The molecule has 86 valence electrons. The van der Waals surface area contributed by atoms with Gasteiger partial charge in [-0.3, -0.25) is 4.79 Å². The molecule has 0 spiro atoms. The third-order valence-electron chi connectivity index (χ3n) is 1.37. The quantitative estimate of drug-likeness (QED) is 0.546. The predicted molar refractivity (Wildman–Crippen MR) is 61.4 cm³/mol. The molecule has 0 radical (unpaired) electrons. The van der Waals surface area contributed by atoms with Gasteiger partial charge >= 0.3 is 0 Å². The highest BCUT2D eigenvalue weighted by atomic mass is 16.1. The molecule has 3 N–H and O–H groups in total. The summed E-state index contributed by atoms with van der Waals surface area (Å²) in [4.78, 5) is 11.0. The van der Waals surface area contributed by atoms with Gasteiger partial charge in [-0.25, -0.2) is 0 Å². The standard InChI is InChI=1S/C8H19N3O.C2H6/c1-7(2)11-6-8(12)10-5-4-9-3;1-2/h7,9,11H,4-6H2,1-3H3,(H,10,12);1-2H3. The largest absolute Gasteiger partial charge is 0.354 e. The van der Waals surface area contributed by atoms with E-state index < -0.39 is 0 Å². The molecular weight excluding hydrogens is 178 g/mol. The summed E-state index contributed by atoms with van der Waals surface area (Å²) in [5.74, 6) is 0.0546. The Balaban J connectivity index is 0. The number of hydrogen-bond donors (Lipinski definition) is 3. The fourth-order valence-electron chi connectivity index (χ4n) is 0.686. The van der Waals surface area contributed by atoms with Gasteiger partial charge in [0, 0.05) is 19.1 Å². The average molecular weight is 203 g/mol.